The smallest absolute Gasteiger partial charge is 0.297 e. The Kier molecular flexibility index (Phi) is 14.9. The zero-order chi connectivity index (χ0) is 50.6. The highest BCUT2D eigenvalue weighted by Gasteiger charge is 2.23. The maximum absolute atomic E-state index is 13.0. The summed E-state index contributed by atoms with van der Waals surface area (Å²) in [6.07, 6.45) is 0. The molecule has 0 fully saturated rings. The van der Waals surface area contributed by atoms with Gasteiger partial charge in [0.15, 0.2) is 16.6 Å². The standard InChI is InChI=1S/C43H37N9O13S5/c1-25-36(22-44)40(45-30-11-15-33(16-12-30)68(57,58)63-2)48-41(46-31-13-17-34(18-14-31)69(59,60)64-3)38(25)50-52-43-47-39(28-7-5-26(23-53)6-8-28)42(66-43)51-49-32-10-9-29-19-27(24-67(54,55)56)20-37(35(29)21-32)70(61,62)65-4/h5-21,53H,23-24H2,1-4H3,(H2,45,46,48)(H,54,55,56). The van der Waals surface area contributed by atoms with E-state index in [1.165, 1.54) is 72.8 Å². The molecule has 0 aliphatic carbocycles. The van der Waals surface area contributed by atoms with Crippen molar-refractivity contribution in [2.45, 2.75) is 34.0 Å². The van der Waals surface area contributed by atoms with Gasteiger partial charge in [0.05, 0.1) is 49.0 Å². The van der Waals surface area contributed by atoms with Crippen LogP contribution in [0.3, 0.4) is 0 Å². The van der Waals surface area contributed by atoms with Crippen molar-refractivity contribution < 1.29 is 55.9 Å². The fraction of sp³-hybridized carbons (Fsp3) is 0.140. The van der Waals surface area contributed by atoms with Crippen LogP contribution in [0.2, 0.25) is 0 Å². The minimum Gasteiger partial charge on any atom is -0.392 e. The lowest BCUT2D eigenvalue weighted by atomic mass is 10.1. The number of aliphatic hydroxyl groups excluding tert-OH is 1. The predicted molar refractivity (Wildman–Crippen MR) is 257 cm³/mol. The summed E-state index contributed by atoms with van der Waals surface area (Å²) in [6, 6.07) is 26.7. The fourth-order valence-electron chi connectivity index (χ4n) is 6.59. The summed E-state index contributed by atoms with van der Waals surface area (Å²) in [7, 11) is -13.9. The molecule has 70 heavy (non-hydrogen) atoms. The number of azo groups is 2. The topological polar surface area (TPSA) is 328 Å². The molecule has 0 aliphatic heterocycles. The molecule has 22 nitrogen and oxygen atoms in total. The normalized spacial score (nSPS) is 12.5. The Labute approximate surface area is 405 Å². The second kappa shape index (κ2) is 20.6. The highest BCUT2D eigenvalue weighted by atomic mass is 32.2. The number of nitrogens with zero attached hydrogens (tertiary/aromatic N) is 7. The molecular weight excluding hydrogens is 1010 g/mol. The van der Waals surface area contributed by atoms with Gasteiger partial charge < -0.3 is 15.7 Å². The van der Waals surface area contributed by atoms with Gasteiger partial charge in [0.1, 0.15) is 28.1 Å². The van der Waals surface area contributed by atoms with E-state index >= 15 is 0 Å². The predicted octanol–water partition coefficient (Wildman–Crippen LogP) is 8.74. The summed E-state index contributed by atoms with van der Waals surface area (Å²) in [5, 5.41) is 44.6. The zero-order valence-electron chi connectivity index (χ0n) is 36.8. The van der Waals surface area contributed by atoms with Gasteiger partial charge >= 0.3 is 0 Å². The van der Waals surface area contributed by atoms with Crippen LogP contribution in [-0.4, -0.2) is 74.6 Å². The molecule has 2 heterocycles. The van der Waals surface area contributed by atoms with Gasteiger partial charge in [-0.3, -0.25) is 17.1 Å². The number of benzene rings is 5. The highest BCUT2D eigenvalue weighted by Crippen LogP contribution is 2.43. The molecule has 0 saturated carbocycles. The average Bonchev–Trinajstić information content (AvgIpc) is 3.75. The Morgan fingerprint density at radius 2 is 1.26 bits per heavy atom. The van der Waals surface area contributed by atoms with Crippen molar-refractivity contribution in [1.29, 1.82) is 5.26 Å². The van der Waals surface area contributed by atoms with Gasteiger partial charge in [-0.2, -0.15) is 38.9 Å². The number of pyridine rings is 1. The third-order valence-electron chi connectivity index (χ3n) is 10.1. The van der Waals surface area contributed by atoms with Crippen molar-refractivity contribution in [2.24, 2.45) is 20.5 Å². The molecule has 362 valence electrons. The summed E-state index contributed by atoms with van der Waals surface area (Å²) in [5.74, 6) is -0.775. The summed E-state index contributed by atoms with van der Waals surface area (Å²) >= 11 is 0.949. The molecule has 0 amide bonds. The van der Waals surface area contributed by atoms with Crippen LogP contribution in [0, 0.1) is 18.3 Å². The van der Waals surface area contributed by atoms with E-state index in [-0.39, 0.29) is 82.2 Å². The van der Waals surface area contributed by atoms with Crippen LogP contribution < -0.4 is 10.6 Å². The van der Waals surface area contributed by atoms with Crippen LogP contribution in [0.25, 0.3) is 22.0 Å². The first-order valence-corrected chi connectivity index (χ1v) is 26.5. The Morgan fingerprint density at radius 3 is 1.80 bits per heavy atom. The summed E-state index contributed by atoms with van der Waals surface area (Å²) in [6.45, 7) is 1.36. The van der Waals surface area contributed by atoms with E-state index in [4.69, 9.17) is 4.18 Å². The number of aliphatic hydroxyl groups is 1. The summed E-state index contributed by atoms with van der Waals surface area (Å²) in [4.78, 5) is 8.73. The Balaban J connectivity index is 1.31. The number of fused-ring (bicyclic) bond motifs is 1. The quantitative estimate of drug-likeness (QED) is 0.0354. The SMILES string of the molecule is COS(=O)(=O)c1ccc(Nc2nc(Nc3ccc(S(=O)(=O)OC)cc3)c(N=Nc3nc(-c4ccc(CO)cc4)c(N=Nc4ccc5cc(CS(=O)(=O)O)cc(S(=O)(=O)OC)c5c4)s3)c(C)c2C#N)cc1. The summed E-state index contributed by atoms with van der Waals surface area (Å²) in [5.41, 5.74) is 2.65. The van der Waals surface area contributed by atoms with E-state index < -0.39 is 46.2 Å². The maximum Gasteiger partial charge on any atom is 0.297 e. The van der Waals surface area contributed by atoms with E-state index in [1.807, 2.05) is 0 Å². The Bertz CT molecular complexity index is 3720. The van der Waals surface area contributed by atoms with Gasteiger partial charge in [0.25, 0.3) is 40.5 Å². The van der Waals surface area contributed by atoms with Gasteiger partial charge in [0.2, 0.25) is 5.13 Å². The van der Waals surface area contributed by atoms with Crippen molar-refractivity contribution in [3.8, 4) is 17.3 Å². The lowest BCUT2D eigenvalue weighted by molar-refractivity contribution is 0.282. The van der Waals surface area contributed by atoms with Crippen LogP contribution in [0.15, 0.2) is 138 Å². The Morgan fingerprint density at radius 1 is 0.671 bits per heavy atom. The first-order chi connectivity index (χ1) is 33.2. The molecule has 5 aromatic carbocycles. The average molecular weight is 1050 g/mol. The van der Waals surface area contributed by atoms with Gasteiger partial charge in [-0.05, 0) is 96.2 Å². The van der Waals surface area contributed by atoms with Crippen molar-refractivity contribution in [2.75, 3.05) is 32.0 Å². The lowest BCUT2D eigenvalue weighted by Gasteiger charge is -2.16. The number of thiazole rings is 1. The molecule has 0 radical (unpaired) electrons. The second-order valence-electron chi connectivity index (χ2n) is 14.6. The molecule has 0 atom stereocenters. The van der Waals surface area contributed by atoms with Crippen LogP contribution in [0.5, 0.6) is 0 Å². The number of nitriles is 1. The number of aromatic nitrogens is 2. The Hall–Kier alpha value is -6.97. The monoisotopic (exact) mass is 1050 g/mol. The second-order valence-corrected chi connectivity index (χ2v) is 22.1. The molecule has 0 bridgehead atoms. The van der Waals surface area contributed by atoms with Crippen LogP contribution in [-0.2, 0) is 65.4 Å². The lowest BCUT2D eigenvalue weighted by Crippen LogP contribution is -2.07. The third kappa shape index (κ3) is 11.5. The molecule has 0 unspecified atom stereocenters. The van der Waals surface area contributed by atoms with Crippen molar-refractivity contribution in [3.63, 3.8) is 0 Å². The molecule has 27 heteroatoms. The van der Waals surface area contributed by atoms with E-state index in [2.05, 4.69) is 55.5 Å². The van der Waals surface area contributed by atoms with Crippen LogP contribution in [0.1, 0.15) is 22.3 Å². The molecule has 7 aromatic rings. The number of hydrogen-bond acceptors (Lipinski definition) is 22. The first-order valence-electron chi connectivity index (χ1n) is 19.8. The van der Waals surface area contributed by atoms with Crippen LogP contribution >= 0.6 is 11.3 Å². The molecule has 0 aliphatic rings. The number of anilines is 4. The zero-order valence-corrected chi connectivity index (χ0v) is 40.9. The van der Waals surface area contributed by atoms with Crippen molar-refractivity contribution >= 4 is 107 Å². The minimum atomic E-state index is -4.52. The number of nitrogens with one attached hydrogen (secondary N) is 2. The van der Waals surface area contributed by atoms with Crippen LogP contribution in [0.4, 0.5) is 44.5 Å². The largest absolute Gasteiger partial charge is 0.392 e. The number of rotatable bonds is 18. The molecule has 4 N–H and O–H groups in total. The van der Waals surface area contributed by atoms with Gasteiger partial charge in [-0.15, -0.1) is 20.5 Å². The summed E-state index contributed by atoms with van der Waals surface area (Å²) < 4.78 is 122. The van der Waals surface area contributed by atoms with Crippen molar-refractivity contribution in [1.82, 2.24) is 9.97 Å². The van der Waals surface area contributed by atoms with Gasteiger partial charge in [0, 0.05) is 27.9 Å². The molecule has 2 aromatic heterocycles. The molecule has 7 rings (SSSR count). The number of hydrogen-bond donors (Lipinski definition) is 4. The van der Waals surface area contributed by atoms with E-state index in [0.717, 1.165) is 38.7 Å². The maximum atomic E-state index is 13.0. The first kappa shape index (κ1) is 50.9. The van der Waals surface area contributed by atoms with E-state index in [0.29, 0.717) is 27.9 Å². The fourth-order valence-corrected chi connectivity index (χ4v) is 10.2. The molecule has 0 spiro atoms. The van der Waals surface area contributed by atoms with E-state index in [9.17, 15) is 48.6 Å². The minimum absolute atomic E-state index is 0.00628. The molecule has 0 saturated heterocycles. The van der Waals surface area contributed by atoms with Gasteiger partial charge in [-0.1, -0.05) is 41.7 Å². The van der Waals surface area contributed by atoms with Crippen molar-refractivity contribution in [3.05, 3.63) is 125 Å². The highest BCUT2D eigenvalue weighted by molar-refractivity contribution is 7.87. The van der Waals surface area contributed by atoms with Gasteiger partial charge in [-0.25, -0.2) is 9.97 Å². The third-order valence-corrected chi connectivity index (χ3v) is 15.5. The van der Waals surface area contributed by atoms with E-state index in [1.54, 1.807) is 31.2 Å². The molecular formula is C43H37N9O13S5.